The van der Waals surface area contributed by atoms with Crippen molar-refractivity contribution in [1.82, 2.24) is 15.1 Å². The van der Waals surface area contributed by atoms with Crippen molar-refractivity contribution in [3.05, 3.63) is 30.0 Å². The van der Waals surface area contributed by atoms with Crippen molar-refractivity contribution in [1.29, 1.82) is 0 Å². The number of carbonyl (C=O) groups is 1. The largest absolute Gasteiger partial charge is 0.336 e. The molecule has 2 heterocycles. The van der Waals surface area contributed by atoms with E-state index in [1.165, 1.54) is 0 Å². The Hall–Kier alpha value is -1.59. The van der Waals surface area contributed by atoms with Gasteiger partial charge in [0.25, 0.3) is 5.91 Å². The third-order valence-electron chi connectivity index (χ3n) is 3.18. The van der Waals surface area contributed by atoms with Gasteiger partial charge in [0.2, 0.25) is 0 Å². The lowest BCUT2D eigenvalue weighted by Crippen LogP contribution is -2.32. The van der Waals surface area contributed by atoms with Gasteiger partial charge in [-0.2, -0.15) is 5.10 Å². The highest BCUT2D eigenvalue weighted by molar-refractivity contribution is 6.04. The second-order valence-corrected chi connectivity index (χ2v) is 4.42. The summed E-state index contributed by atoms with van der Waals surface area (Å²) in [7, 11) is 0. The number of H-pyrrole nitrogens is 1. The molecule has 1 aliphatic heterocycles. The maximum Gasteiger partial charge on any atom is 0.275 e. The summed E-state index contributed by atoms with van der Waals surface area (Å²) in [6.45, 7) is 1.35. The number of para-hydroxylation sites is 1. The molecular formula is C12H15ClN4O. The standard InChI is InChI=1S/C12H14N4O.ClH/c13-8-5-6-16(7-8)12(17)11-9-3-1-2-4-10(9)14-15-11;/h1-4,8H,5-7,13H2,(H,14,15);1H/t8-;/m0./s1. The molecule has 5 nitrogen and oxygen atoms in total. The number of nitrogens with two attached hydrogens (primary N) is 1. The molecule has 96 valence electrons. The summed E-state index contributed by atoms with van der Waals surface area (Å²) in [6.07, 6.45) is 0.869. The number of fused-ring (bicyclic) bond motifs is 1. The predicted octanol–water partition coefficient (Wildman–Crippen LogP) is 1.16. The lowest BCUT2D eigenvalue weighted by molar-refractivity contribution is 0.0787. The van der Waals surface area contributed by atoms with Crippen LogP contribution in [0.4, 0.5) is 0 Å². The molecule has 1 aromatic heterocycles. The van der Waals surface area contributed by atoms with E-state index in [4.69, 9.17) is 5.73 Å². The minimum atomic E-state index is -0.0320. The second-order valence-electron chi connectivity index (χ2n) is 4.42. The quantitative estimate of drug-likeness (QED) is 0.813. The molecule has 0 saturated carbocycles. The Kier molecular flexibility index (Phi) is 3.54. The Morgan fingerprint density at radius 2 is 2.22 bits per heavy atom. The highest BCUT2D eigenvalue weighted by Gasteiger charge is 2.26. The molecule has 18 heavy (non-hydrogen) atoms. The molecule has 1 saturated heterocycles. The van der Waals surface area contributed by atoms with E-state index in [1.807, 2.05) is 24.3 Å². The first-order valence-electron chi connectivity index (χ1n) is 5.73. The fraction of sp³-hybridized carbons (Fsp3) is 0.333. The first-order valence-corrected chi connectivity index (χ1v) is 5.73. The smallest absolute Gasteiger partial charge is 0.275 e. The van der Waals surface area contributed by atoms with Gasteiger partial charge >= 0.3 is 0 Å². The molecule has 0 bridgehead atoms. The van der Waals surface area contributed by atoms with Crippen molar-refractivity contribution in [2.45, 2.75) is 12.5 Å². The number of nitrogens with one attached hydrogen (secondary N) is 1. The highest BCUT2D eigenvalue weighted by atomic mass is 35.5. The van der Waals surface area contributed by atoms with E-state index < -0.39 is 0 Å². The summed E-state index contributed by atoms with van der Waals surface area (Å²) in [6, 6.07) is 7.74. The number of aromatic nitrogens is 2. The number of likely N-dealkylation sites (tertiary alicyclic amines) is 1. The van der Waals surface area contributed by atoms with E-state index in [2.05, 4.69) is 10.2 Å². The van der Waals surface area contributed by atoms with Crippen molar-refractivity contribution in [2.75, 3.05) is 13.1 Å². The van der Waals surface area contributed by atoms with Gasteiger partial charge < -0.3 is 10.6 Å². The van der Waals surface area contributed by atoms with E-state index in [0.29, 0.717) is 12.2 Å². The zero-order valence-corrected chi connectivity index (χ0v) is 10.6. The zero-order valence-electron chi connectivity index (χ0n) is 9.80. The van der Waals surface area contributed by atoms with E-state index in [-0.39, 0.29) is 24.4 Å². The van der Waals surface area contributed by atoms with Crippen LogP contribution < -0.4 is 5.73 Å². The summed E-state index contributed by atoms with van der Waals surface area (Å²) < 4.78 is 0. The molecule has 1 aromatic carbocycles. The number of hydrogen-bond donors (Lipinski definition) is 2. The van der Waals surface area contributed by atoms with Crippen molar-refractivity contribution in [3.8, 4) is 0 Å². The average Bonchev–Trinajstić information content (AvgIpc) is 2.94. The van der Waals surface area contributed by atoms with Crippen LogP contribution in [0.1, 0.15) is 16.9 Å². The normalized spacial score (nSPS) is 18.9. The van der Waals surface area contributed by atoms with Gasteiger partial charge in [0, 0.05) is 24.5 Å². The molecule has 1 amide bonds. The van der Waals surface area contributed by atoms with Crippen molar-refractivity contribution in [3.63, 3.8) is 0 Å². The first kappa shape index (κ1) is 12.9. The lowest BCUT2D eigenvalue weighted by atomic mass is 10.2. The van der Waals surface area contributed by atoms with Gasteiger partial charge in [-0.15, -0.1) is 12.4 Å². The fourth-order valence-corrected chi connectivity index (χ4v) is 2.25. The number of nitrogens with zero attached hydrogens (tertiary/aromatic N) is 2. The second kappa shape index (κ2) is 4.96. The zero-order chi connectivity index (χ0) is 11.8. The third kappa shape index (κ3) is 2.07. The Bertz CT molecular complexity index is 568. The van der Waals surface area contributed by atoms with Crippen molar-refractivity contribution >= 4 is 29.2 Å². The maximum atomic E-state index is 12.3. The SMILES string of the molecule is Cl.N[C@H]1CCN(C(=O)c2n[nH]c3ccccc23)C1. The van der Waals surface area contributed by atoms with Crippen LogP contribution >= 0.6 is 12.4 Å². The molecule has 0 unspecified atom stereocenters. The lowest BCUT2D eigenvalue weighted by Gasteiger charge is -2.13. The van der Waals surface area contributed by atoms with Crippen molar-refractivity contribution < 1.29 is 4.79 Å². The van der Waals surface area contributed by atoms with Gasteiger partial charge in [-0.25, -0.2) is 0 Å². The molecule has 0 spiro atoms. The summed E-state index contributed by atoms with van der Waals surface area (Å²) in [5, 5.41) is 7.86. The molecule has 1 atom stereocenters. The number of aromatic amines is 1. The molecule has 0 radical (unpaired) electrons. The van der Waals surface area contributed by atoms with Crippen LogP contribution in [0.3, 0.4) is 0 Å². The number of benzene rings is 1. The van der Waals surface area contributed by atoms with Crippen molar-refractivity contribution in [2.24, 2.45) is 5.73 Å². The monoisotopic (exact) mass is 266 g/mol. The summed E-state index contributed by atoms with van der Waals surface area (Å²) in [5.41, 5.74) is 7.19. The summed E-state index contributed by atoms with van der Waals surface area (Å²) in [5.74, 6) is -0.0320. The van der Waals surface area contributed by atoms with Gasteiger partial charge in [-0.05, 0) is 12.5 Å². The first-order chi connectivity index (χ1) is 8.25. The number of amides is 1. The molecule has 0 aliphatic carbocycles. The number of halogens is 1. The molecule has 1 fully saturated rings. The van der Waals surface area contributed by atoms with E-state index in [0.717, 1.165) is 23.9 Å². The molecular weight excluding hydrogens is 252 g/mol. The highest BCUT2D eigenvalue weighted by Crippen LogP contribution is 2.18. The maximum absolute atomic E-state index is 12.3. The molecule has 2 aromatic rings. The Balaban J connectivity index is 0.00000120. The molecule has 1 aliphatic rings. The van der Waals surface area contributed by atoms with Crippen LogP contribution in [0.15, 0.2) is 24.3 Å². The molecule has 3 rings (SSSR count). The van der Waals surface area contributed by atoms with Gasteiger partial charge in [0.1, 0.15) is 0 Å². The van der Waals surface area contributed by atoms with Crippen LogP contribution in [-0.2, 0) is 0 Å². The van der Waals surface area contributed by atoms with E-state index in [9.17, 15) is 4.79 Å². The summed E-state index contributed by atoms with van der Waals surface area (Å²) >= 11 is 0. The van der Waals surface area contributed by atoms with Gasteiger partial charge in [-0.1, -0.05) is 18.2 Å². The van der Waals surface area contributed by atoms with E-state index in [1.54, 1.807) is 4.90 Å². The minimum Gasteiger partial charge on any atom is -0.336 e. The van der Waals surface area contributed by atoms with Gasteiger partial charge in [0.05, 0.1) is 5.52 Å². The van der Waals surface area contributed by atoms with Gasteiger partial charge in [0.15, 0.2) is 5.69 Å². The minimum absolute atomic E-state index is 0. The number of rotatable bonds is 1. The Morgan fingerprint density at radius 3 is 2.94 bits per heavy atom. The van der Waals surface area contributed by atoms with Crippen LogP contribution in [-0.4, -0.2) is 40.1 Å². The Morgan fingerprint density at radius 1 is 1.44 bits per heavy atom. The number of carbonyl (C=O) groups excluding carboxylic acids is 1. The van der Waals surface area contributed by atoms with Gasteiger partial charge in [-0.3, -0.25) is 9.89 Å². The van der Waals surface area contributed by atoms with Crippen LogP contribution in [0.5, 0.6) is 0 Å². The van der Waals surface area contributed by atoms with Crippen LogP contribution in [0, 0.1) is 0 Å². The average molecular weight is 267 g/mol. The fourth-order valence-electron chi connectivity index (χ4n) is 2.25. The Labute approximate surface area is 111 Å². The van der Waals surface area contributed by atoms with Crippen LogP contribution in [0.2, 0.25) is 0 Å². The number of hydrogen-bond acceptors (Lipinski definition) is 3. The predicted molar refractivity (Wildman–Crippen MR) is 71.8 cm³/mol. The van der Waals surface area contributed by atoms with E-state index >= 15 is 0 Å². The summed E-state index contributed by atoms with van der Waals surface area (Å²) in [4.78, 5) is 14.0. The topological polar surface area (TPSA) is 75.0 Å². The molecule has 3 N–H and O–H groups in total. The third-order valence-corrected chi connectivity index (χ3v) is 3.18. The van der Waals surface area contributed by atoms with Crippen LogP contribution in [0.25, 0.3) is 10.9 Å². The molecule has 6 heteroatoms.